The van der Waals surface area contributed by atoms with Gasteiger partial charge in [0.05, 0.1) is 0 Å². The third-order valence-electron chi connectivity index (χ3n) is 2.67. The van der Waals surface area contributed by atoms with E-state index in [0.29, 0.717) is 0 Å². The van der Waals surface area contributed by atoms with Gasteiger partial charge in [0.2, 0.25) is 5.91 Å². The number of nitrogens with two attached hydrogens (primary N) is 1. The Labute approximate surface area is 103 Å². The van der Waals surface area contributed by atoms with Crippen molar-refractivity contribution in [2.45, 2.75) is 33.1 Å². The van der Waals surface area contributed by atoms with Crippen LogP contribution in [-0.4, -0.2) is 12.5 Å². The number of amides is 1. The van der Waals surface area contributed by atoms with Crippen LogP contribution in [0.2, 0.25) is 0 Å². The van der Waals surface area contributed by atoms with E-state index in [4.69, 9.17) is 5.73 Å². The number of rotatable bonds is 6. The summed E-state index contributed by atoms with van der Waals surface area (Å²) in [5.74, 6) is 0.0695. The minimum atomic E-state index is 0.0132. The van der Waals surface area contributed by atoms with Gasteiger partial charge >= 0.3 is 0 Å². The van der Waals surface area contributed by atoms with Gasteiger partial charge in [0.25, 0.3) is 0 Å². The molecule has 0 aromatic heterocycles. The molecule has 0 bridgehead atoms. The van der Waals surface area contributed by atoms with Crippen LogP contribution in [0.25, 0.3) is 0 Å². The second-order valence-electron chi connectivity index (χ2n) is 4.59. The van der Waals surface area contributed by atoms with Gasteiger partial charge < -0.3 is 11.1 Å². The number of unbranched alkanes of at least 4 members (excludes halogenated alkanes) is 1. The molecule has 0 radical (unpaired) electrons. The van der Waals surface area contributed by atoms with Crippen molar-refractivity contribution in [3.8, 4) is 0 Å². The summed E-state index contributed by atoms with van der Waals surface area (Å²) in [6.07, 6.45) is 3.23. The summed E-state index contributed by atoms with van der Waals surface area (Å²) in [5, 5.41) is 2.88. The molecule has 0 heterocycles. The molecule has 0 unspecified atom stereocenters. The predicted molar refractivity (Wildman–Crippen MR) is 71.9 cm³/mol. The first-order valence-corrected chi connectivity index (χ1v) is 6.23. The molecule has 0 aliphatic rings. The molecule has 0 aliphatic carbocycles. The first-order chi connectivity index (χ1) is 8.13. The van der Waals surface area contributed by atoms with E-state index < -0.39 is 0 Å². The Morgan fingerprint density at radius 2 is 1.88 bits per heavy atom. The van der Waals surface area contributed by atoms with Crippen molar-refractivity contribution in [1.82, 2.24) is 0 Å². The molecule has 0 fully saturated rings. The number of carbonyl (C=O) groups excluding carboxylic acids is 1. The summed E-state index contributed by atoms with van der Waals surface area (Å²) in [7, 11) is 0. The van der Waals surface area contributed by atoms with Crippen molar-refractivity contribution in [3.63, 3.8) is 0 Å². The molecule has 3 heteroatoms. The summed E-state index contributed by atoms with van der Waals surface area (Å²) in [4.78, 5) is 11.5. The molecule has 94 valence electrons. The Kier molecular flexibility index (Phi) is 5.70. The molecule has 1 rings (SSSR count). The van der Waals surface area contributed by atoms with E-state index in [-0.39, 0.29) is 11.8 Å². The zero-order valence-corrected chi connectivity index (χ0v) is 10.7. The molecule has 17 heavy (non-hydrogen) atoms. The molecule has 0 aliphatic heterocycles. The van der Waals surface area contributed by atoms with Crippen LogP contribution >= 0.6 is 0 Å². The van der Waals surface area contributed by atoms with Crippen molar-refractivity contribution < 1.29 is 4.79 Å². The highest BCUT2D eigenvalue weighted by molar-refractivity contribution is 5.91. The molecular weight excluding hydrogens is 212 g/mol. The normalized spacial score (nSPS) is 10.6. The molecule has 3 nitrogen and oxygen atoms in total. The van der Waals surface area contributed by atoms with Crippen molar-refractivity contribution in [2.24, 2.45) is 11.7 Å². The maximum atomic E-state index is 11.5. The number of hydrogen-bond acceptors (Lipinski definition) is 2. The largest absolute Gasteiger partial charge is 0.330 e. The molecular formula is C14H22N2O. The van der Waals surface area contributed by atoms with E-state index in [1.807, 2.05) is 26.0 Å². The monoisotopic (exact) mass is 234 g/mol. The number of carbonyl (C=O) groups is 1. The molecule has 0 saturated heterocycles. The maximum Gasteiger partial charge on any atom is 0.226 e. The van der Waals surface area contributed by atoms with Crippen molar-refractivity contribution in [1.29, 1.82) is 0 Å². The van der Waals surface area contributed by atoms with Crippen LogP contribution < -0.4 is 11.1 Å². The van der Waals surface area contributed by atoms with Gasteiger partial charge in [-0.1, -0.05) is 26.0 Å². The molecule has 1 amide bonds. The minimum absolute atomic E-state index is 0.0132. The van der Waals surface area contributed by atoms with Gasteiger partial charge in [-0.05, 0) is 43.5 Å². The van der Waals surface area contributed by atoms with E-state index in [1.165, 1.54) is 5.56 Å². The second-order valence-corrected chi connectivity index (χ2v) is 4.59. The molecule has 3 N–H and O–H groups in total. The number of benzene rings is 1. The quantitative estimate of drug-likeness (QED) is 0.743. The third kappa shape index (κ3) is 5.00. The van der Waals surface area contributed by atoms with Crippen LogP contribution in [0.4, 0.5) is 5.69 Å². The van der Waals surface area contributed by atoms with Gasteiger partial charge in [-0.2, -0.15) is 0 Å². The van der Waals surface area contributed by atoms with Crippen LogP contribution in [0.1, 0.15) is 32.3 Å². The molecule has 0 atom stereocenters. The van der Waals surface area contributed by atoms with Gasteiger partial charge in [0.1, 0.15) is 0 Å². The van der Waals surface area contributed by atoms with E-state index in [2.05, 4.69) is 17.4 Å². The fraction of sp³-hybridized carbons (Fsp3) is 0.500. The third-order valence-corrected chi connectivity index (χ3v) is 2.67. The first kappa shape index (κ1) is 13.7. The van der Waals surface area contributed by atoms with Gasteiger partial charge in [-0.25, -0.2) is 0 Å². The summed E-state index contributed by atoms with van der Waals surface area (Å²) >= 11 is 0. The smallest absolute Gasteiger partial charge is 0.226 e. The number of aryl methyl sites for hydroxylation is 1. The Balaban J connectivity index is 2.47. The fourth-order valence-corrected chi connectivity index (χ4v) is 1.51. The van der Waals surface area contributed by atoms with E-state index >= 15 is 0 Å². The molecule has 1 aromatic carbocycles. The predicted octanol–water partition coefficient (Wildman–Crippen LogP) is 2.56. The Morgan fingerprint density at radius 3 is 2.41 bits per heavy atom. The molecule has 1 aromatic rings. The van der Waals surface area contributed by atoms with E-state index in [9.17, 15) is 4.79 Å². The maximum absolute atomic E-state index is 11.5. The molecule has 0 spiro atoms. The number of hydrogen-bond donors (Lipinski definition) is 2. The Morgan fingerprint density at radius 1 is 1.24 bits per heavy atom. The summed E-state index contributed by atoms with van der Waals surface area (Å²) in [6.45, 7) is 4.52. The number of anilines is 1. The summed E-state index contributed by atoms with van der Waals surface area (Å²) in [6, 6.07) is 8.04. The van der Waals surface area contributed by atoms with Crippen molar-refractivity contribution in [3.05, 3.63) is 29.8 Å². The van der Waals surface area contributed by atoms with Crippen molar-refractivity contribution in [2.75, 3.05) is 11.9 Å². The topological polar surface area (TPSA) is 55.1 Å². The Hall–Kier alpha value is -1.35. The lowest BCUT2D eigenvalue weighted by Crippen LogP contribution is -2.17. The van der Waals surface area contributed by atoms with E-state index in [0.717, 1.165) is 31.5 Å². The fourth-order valence-electron chi connectivity index (χ4n) is 1.51. The highest BCUT2D eigenvalue weighted by Crippen LogP contribution is 2.12. The number of nitrogens with one attached hydrogen (secondary N) is 1. The van der Waals surface area contributed by atoms with Gasteiger partial charge in [-0.15, -0.1) is 0 Å². The van der Waals surface area contributed by atoms with Gasteiger partial charge in [0, 0.05) is 11.6 Å². The lowest BCUT2D eigenvalue weighted by Gasteiger charge is -2.08. The zero-order valence-electron chi connectivity index (χ0n) is 10.7. The SMILES string of the molecule is CC(C)C(=O)Nc1ccc(CCCCN)cc1. The Bertz CT molecular complexity index is 344. The van der Waals surface area contributed by atoms with Gasteiger partial charge in [-0.3, -0.25) is 4.79 Å². The standard InChI is InChI=1S/C14H22N2O/c1-11(2)14(17)16-13-8-6-12(7-9-13)5-3-4-10-15/h6-9,11H,3-5,10,15H2,1-2H3,(H,16,17). The van der Waals surface area contributed by atoms with Crippen LogP contribution in [0.15, 0.2) is 24.3 Å². The van der Waals surface area contributed by atoms with Crippen LogP contribution in [0.5, 0.6) is 0 Å². The van der Waals surface area contributed by atoms with Crippen LogP contribution in [0.3, 0.4) is 0 Å². The minimum Gasteiger partial charge on any atom is -0.330 e. The van der Waals surface area contributed by atoms with E-state index in [1.54, 1.807) is 0 Å². The lowest BCUT2D eigenvalue weighted by molar-refractivity contribution is -0.118. The highest BCUT2D eigenvalue weighted by atomic mass is 16.1. The van der Waals surface area contributed by atoms with Gasteiger partial charge in [0.15, 0.2) is 0 Å². The summed E-state index contributed by atoms with van der Waals surface area (Å²) < 4.78 is 0. The highest BCUT2D eigenvalue weighted by Gasteiger charge is 2.06. The zero-order chi connectivity index (χ0) is 12.7. The van der Waals surface area contributed by atoms with Crippen LogP contribution in [-0.2, 0) is 11.2 Å². The first-order valence-electron chi connectivity index (χ1n) is 6.23. The van der Waals surface area contributed by atoms with Crippen molar-refractivity contribution >= 4 is 11.6 Å². The average Bonchev–Trinajstić information content (AvgIpc) is 2.31. The second kappa shape index (κ2) is 7.07. The molecule has 0 saturated carbocycles. The average molecular weight is 234 g/mol. The lowest BCUT2D eigenvalue weighted by atomic mass is 10.1. The summed E-state index contributed by atoms with van der Waals surface area (Å²) in [5.41, 5.74) is 7.61. The van der Waals surface area contributed by atoms with Crippen LogP contribution in [0, 0.1) is 5.92 Å².